The van der Waals surface area contributed by atoms with Gasteiger partial charge in [0.15, 0.2) is 0 Å². The van der Waals surface area contributed by atoms with Gasteiger partial charge in [0.1, 0.15) is 5.69 Å². The van der Waals surface area contributed by atoms with E-state index in [-0.39, 0.29) is 16.7 Å². The van der Waals surface area contributed by atoms with Gasteiger partial charge in [-0.3, -0.25) is 15.0 Å². The lowest BCUT2D eigenvalue weighted by Gasteiger charge is -2.23. The van der Waals surface area contributed by atoms with Crippen LogP contribution in [0.5, 0.6) is 0 Å². The molecule has 0 heterocycles. The van der Waals surface area contributed by atoms with Crippen molar-refractivity contribution in [2.24, 2.45) is 0 Å². The van der Waals surface area contributed by atoms with Gasteiger partial charge in [0, 0.05) is 25.2 Å². The number of nitro groups is 1. The maximum Gasteiger partial charge on any atom is 0.292 e. The number of hydrogen-bond donors (Lipinski definition) is 1. The van der Waals surface area contributed by atoms with Crippen molar-refractivity contribution in [2.75, 3.05) is 18.9 Å². The van der Waals surface area contributed by atoms with Gasteiger partial charge in [0.2, 0.25) is 0 Å². The highest BCUT2D eigenvalue weighted by Crippen LogP contribution is 2.29. The van der Waals surface area contributed by atoms with E-state index >= 15 is 0 Å². The highest BCUT2D eigenvalue weighted by atomic mass is 16.6. The number of nitrogens with zero attached hydrogens (tertiary/aromatic N) is 3. The van der Waals surface area contributed by atoms with Crippen molar-refractivity contribution >= 4 is 11.4 Å². The van der Waals surface area contributed by atoms with Crippen molar-refractivity contribution < 1.29 is 4.92 Å². The molecular weight excluding hydrogens is 256 g/mol. The zero-order valence-corrected chi connectivity index (χ0v) is 12.1. The smallest absolute Gasteiger partial charge is 0.292 e. The predicted octanol–water partition coefficient (Wildman–Crippen LogP) is 2.76. The highest BCUT2D eigenvalue weighted by molar-refractivity contribution is 5.66. The molecule has 1 unspecified atom stereocenters. The molecule has 1 aromatic carbocycles. The SMILES string of the molecule is CCNc1c(CN(C)C(C)CC#N)cccc1[N+](=O)[O-]. The van der Waals surface area contributed by atoms with Crippen LogP contribution in [0.1, 0.15) is 25.8 Å². The minimum atomic E-state index is -0.375. The molecule has 6 nitrogen and oxygen atoms in total. The third-order valence-electron chi connectivity index (χ3n) is 3.24. The fourth-order valence-electron chi connectivity index (χ4n) is 1.96. The van der Waals surface area contributed by atoms with Crippen LogP contribution in [-0.4, -0.2) is 29.5 Å². The first kappa shape index (κ1) is 15.9. The van der Waals surface area contributed by atoms with Crippen LogP contribution in [0.3, 0.4) is 0 Å². The summed E-state index contributed by atoms with van der Waals surface area (Å²) in [4.78, 5) is 12.7. The van der Waals surface area contributed by atoms with Gasteiger partial charge in [-0.15, -0.1) is 0 Å². The van der Waals surface area contributed by atoms with Crippen LogP contribution >= 0.6 is 0 Å². The Bertz CT molecular complexity index is 510. The Morgan fingerprint density at radius 3 is 2.80 bits per heavy atom. The molecule has 0 spiro atoms. The Morgan fingerprint density at radius 1 is 1.55 bits per heavy atom. The summed E-state index contributed by atoms with van der Waals surface area (Å²) in [7, 11) is 1.91. The minimum absolute atomic E-state index is 0.0886. The molecule has 20 heavy (non-hydrogen) atoms. The van der Waals surface area contributed by atoms with Gasteiger partial charge < -0.3 is 5.32 Å². The molecule has 1 aromatic rings. The summed E-state index contributed by atoms with van der Waals surface area (Å²) in [5.41, 5.74) is 1.52. The number of benzene rings is 1. The Balaban J connectivity index is 3.02. The molecule has 0 aliphatic rings. The van der Waals surface area contributed by atoms with Crippen molar-refractivity contribution in [3.05, 3.63) is 33.9 Å². The fraction of sp³-hybridized carbons (Fsp3) is 0.500. The number of nitro benzene ring substituents is 1. The van der Waals surface area contributed by atoms with Crippen molar-refractivity contribution in [3.8, 4) is 6.07 Å². The number of anilines is 1. The number of nitrogens with one attached hydrogen (secondary N) is 1. The lowest BCUT2D eigenvalue weighted by Crippen LogP contribution is -2.28. The summed E-state index contributed by atoms with van der Waals surface area (Å²) in [6, 6.07) is 7.31. The van der Waals surface area contributed by atoms with Crippen molar-refractivity contribution in [1.29, 1.82) is 5.26 Å². The van der Waals surface area contributed by atoms with E-state index in [1.54, 1.807) is 6.07 Å². The molecule has 108 valence electrons. The van der Waals surface area contributed by atoms with Gasteiger partial charge in [-0.1, -0.05) is 12.1 Å². The van der Waals surface area contributed by atoms with Crippen molar-refractivity contribution in [1.82, 2.24) is 4.90 Å². The van der Waals surface area contributed by atoms with Crippen LogP contribution in [0.15, 0.2) is 18.2 Å². The van der Waals surface area contributed by atoms with Gasteiger partial charge in [-0.05, 0) is 26.5 Å². The number of rotatable bonds is 7. The first-order valence-electron chi connectivity index (χ1n) is 6.58. The summed E-state index contributed by atoms with van der Waals surface area (Å²) < 4.78 is 0. The lowest BCUT2D eigenvalue weighted by atomic mass is 10.1. The Labute approximate surface area is 119 Å². The van der Waals surface area contributed by atoms with E-state index < -0.39 is 0 Å². The Hall–Kier alpha value is -2.13. The number of hydrogen-bond acceptors (Lipinski definition) is 5. The normalized spacial score (nSPS) is 11.9. The van der Waals surface area contributed by atoms with Gasteiger partial charge in [0.05, 0.1) is 17.4 Å². The molecule has 0 saturated heterocycles. The molecule has 1 N–H and O–H groups in total. The number of nitriles is 1. The third kappa shape index (κ3) is 3.93. The molecule has 0 fully saturated rings. The van der Waals surface area contributed by atoms with Crippen LogP contribution in [0.25, 0.3) is 0 Å². The van der Waals surface area contributed by atoms with Gasteiger partial charge >= 0.3 is 0 Å². The third-order valence-corrected chi connectivity index (χ3v) is 3.24. The van der Waals surface area contributed by atoms with Crippen LogP contribution in [-0.2, 0) is 6.54 Å². The van der Waals surface area contributed by atoms with E-state index in [0.29, 0.717) is 25.2 Å². The molecule has 0 saturated carbocycles. The van der Waals surface area contributed by atoms with E-state index in [0.717, 1.165) is 5.56 Å². The Kier molecular flexibility index (Phi) is 5.94. The van der Waals surface area contributed by atoms with Crippen molar-refractivity contribution in [3.63, 3.8) is 0 Å². The molecule has 0 radical (unpaired) electrons. The molecule has 0 aromatic heterocycles. The summed E-state index contributed by atoms with van der Waals surface area (Å²) >= 11 is 0. The van der Waals surface area contributed by atoms with Crippen LogP contribution in [0.2, 0.25) is 0 Å². The average Bonchev–Trinajstić information content (AvgIpc) is 2.40. The van der Waals surface area contributed by atoms with E-state index in [2.05, 4.69) is 11.4 Å². The summed E-state index contributed by atoms with van der Waals surface area (Å²) in [5.74, 6) is 0. The molecular formula is C14H20N4O2. The molecule has 1 rings (SSSR count). The van der Waals surface area contributed by atoms with Crippen molar-refractivity contribution in [2.45, 2.75) is 32.9 Å². The standard InChI is InChI=1S/C14H20N4O2/c1-4-16-14-12(6-5-7-13(14)18(19)20)10-17(3)11(2)8-9-15/h5-7,11,16H,4,8,10H2,1-3H3. The second-order valence-corrected chi connectivity index (χ2v) is 4.73. The molecule has 6 heteroatoms. The Morgan fingerprint density at radius 2 is 2.25 bits per heavy atom. The van der Waals surface area contributed by atoms with Gasteiger partial charge in [0.25, 0.3) is 5.69 Å². The first-order chi connectivity index (χ1) is 9.51. The summed E-state index contributed by atoms with van der Waals surface area (Å²) in [6.45, 7) is 5.05. The average molecular weight is 276 g/mol. The molecule has 0 aliphatic carbocycles. The molecule has 0 bridgehead atoms. The predicted molar refractivity (Wildman–Crippen MR) is 78.4 cm³/mol. The van der Waals surface area contributed by atoms with E-state index in [4.69, 9.17) is 5.26 Å². The summed E-state index contributed by atoms with van der Waals surface area (Å²) in [5, 5.41) is 22.9. The second-order valence-electron chi connectivity index (χ2n) is 4.73. The fourth-order valence-corrected chi connectivity index (χ4v) is 1.96. The topological polar surface area (TPSA) is 82.2 Å². The lowest BCUT2D eigenvalue weighted by molar-refractivity contribution is -0.384. The highest BCUT2D eigenvalue weighted by Gasteiger charge is 2.18. The minimum Gasteiger partial charge on any atom is -0.380 e. The maximum absolute atomic E-state index is 11.1. The van der Waals surface area contributed by atoms with E-state index in [1.807, 2.05) is 31.9 Å². The summed E-state index contributed by atoms with van der Waals surface area (Å²) in [6.07, 6.45) is 0.433. The zero-order valence-electron chi connectivity index (χ0n) is 12.1. The van der Waals surface area contributed by atoms with Crippen LogP contribution in [0.4, 0.5) is 11.4 Å². The monoisotopic (exact) mass is 276 g/mol. The van der Waals surface area contributed by atoms with E-state index in [9.17, 15) is 10.1 Å². The number of para-hydroxylation sites is 1. The van der Waals surface area contributed by atoms with Crippen LogP contribution < -0.4 is 5.32 Å². The maximum atomic E-state index is 11.1. The van der Waals surface area contributed by atoms with Crippen LogP contribution in [0, 0.1) is 21.4 Å². The second kappa shape index (κ2) is 7.46. The molecule has 1 atom stereocenters. The quantitative estimate of drug-likeness (QED) is 0.611. The van der Waals surface area contributed by atoms with E-state index in [1.165, 1.54) is 6.07 Å². The first-order valence-corrected chi connectivity index (χ1v) is 6.58. The largest absolute Gasteiger partial charge is 0.380 e. The molecule has 0 aliphatic heterocycles. The van der Waals surface area contributed by atoms with Gasteiger partial charge in [-0.25, -0.2) is 0 Å². The zero-order chi connectivity index (χ0) is 15.1. The molecule has 0 amide bonds. The van der Waals surface area contributed by atoms with Gasteiger partial charge in [-0.2, -0.15) is 5.26 Å².